The summed E-state index contributed by atoms with van der Waals surface area (Å²) in [4.78, 5) is 13.3. The van der Waals surface area contributed by atoms with Crippen molar-refractivity contribution in [3.8, 4) is 0 Å². The van der Waals surface area contributed by atoms with Crippen LogP contribution in [0.1, 0.15) is 25.3 Å². The van der Waals surface area contributed by atoms with Crippen molar-refractivity contribution in [3.63, 3.8) is 0 Å². The van der Waals surface area contributed by atoms with E-state index < -0.39 is 0 Å². The molecule has 0 spiro atoms. The smallest absolute Gasteiger partial charge is 0.321 e. The number of rotatable bonds is 4. The first-order valence-electron chi connectivity index (χ1n) is 5.88. The number of aliphatic hydroxyl groups is 1. The molecular formula is C13H19BrN2O2. The second-order valence-corrected chi connectivity index (χ2v) is 5.38. The van der Waals surface area contributed by atoms with Crippen molar-refractivity contribution < 1.29 is 9.90 Å². The Labute approximate surface area is 116 Å². The SMILES string of the molecule is CC(C)c1cc(Br)ccc1NC(=O)N(C)CCO. The van der Waals surface area contributed by atoms with Crippen molar-refractivity contribution in [1.29, 1.82) is 0 Å². The minimum absolute atomic E-state index is 0.0404. The predicted octanol–water partition coefficient (Wildman–Crippen LogP) is 3.03. The van der Waals surface area contributed by atoms with Crippen molar-refractivity contribution in [2.75, 3.05) is 25.5 Å². The number of nitrogens with zero attached hydrogens (tertiary/aromatic N) is 1. The van der Waals surface area contributed by atoms with Gasteiger partial charge in [0, 0.05) is 23.8 Å². The van der Waals surface area contributed by atoms with E-state index in [1.165, 1.54) is 4.90 Å². The number of urea groups is 1. The van der Waals surface area contributed by atoms with Crippen LogP contribution in [0.25, 0.3) is 0 Å². The summed E-state index contributed by atoms with van der Waals surface area (Å²) in [6.07, 6.45) is 0. The first-order valence-corrected chi connectivity index (χ1v) is 6.67. The first kappa shape index (κ1) is 15.0. The monoisotopic (exact) mass is 314 g/mol. The Balaban J connectivity index is 2.87. The number of nitrogens with one attached hydrogen (secondary N) is 1. The molecule has 2 N–H and O–H groups in total. The van der Waals surface area contributed by atoms with Crippen LogP contribution in [0, 0.1) is 0 Å². The fraction of sp³-hybridized carbons (Fsp3) is 0.462. The molecule has 4 nitrogen and oxygen atoms in total. The van der Waals surface area contributed by atoms with Crippen LogP contribution in [0.15, 0.2) is 22.7 Å². The van der Waals surface area contributed by atoms with Gasteiger partial charge in [0.15, 0.2) is 0 Å². The second kappa shape index (κ2) is 6.75. The molecular weight excluding hydrogens is 296 g/mol. The average molecular weight is 315 g/mol. The van der Waals surface area contributed by atoms with Crippen molar-refractivity contribution >= 4 is 27.6 Å². The molecule has 18 heavy (non-hydrogen) atoms. The van der Waals surface area contributed by atoms with Crippen LogP contribution in [0.2, 0.25) is 0 Å². The summed E-state index contributed by atoms with van der Waals surface area (Å²) < 4.78 is 0.993. The summed E-state index contributed by atoms with van der Waals surface area (Å²) in [5, 5.41) is 11.7. The van der Waals surface area contributed by atoms with Crippen LogP contribution in [0.4, 0.5) is 10.5 Å². The fourth-order valence-electron chi connectivity index (χ4n) is 1.59. The molecule has 1 rings (SSSR count). The maximum absolute atomic E-state index is 11.9. The van der Waals surface area contributed by atoms with Crippen molar-refractivity contribution in [1.82, 2.24) is 4.90 Å². The molecule has 100 valence electrons. The van der Waals surface area contributed by atoms with Gasteiger partial charge in [0.05, 0.1) is 6.61 Å². The Morgan fingerprint density at radius 1 is 1.50 bits per heavy atom. The van der Waals surface area contributed by atoms with E-state index in [1.807, 2.05) is 18.2 Å². The number of hydrogen-bond donors (Lipinski definition) is 2. The third-order valence-electron chi connectivity index (χ3n) is 2.66. The number of amides is 2. The zero-order chi connectivity index (χ0) is 13.7. The van der Waals surface area contributed by atoms with Crippen LogP contribution in [0.5, 0.6) is 0 Å². The van der Waals surface area contributed by atoms with Gasteiger partial charge in [-0.25, -0.2) is 4.79 Å². The molecule has 0 fully saturated rings. The summed E-state index contributed by atoms with van der Waals surface area (Å²) in [5.41, 5.74) is 1.89. The normalized spacial score (nSPS) is 10.6. The maximum Gasteiger partial charge on any atom is 0.321 e. The van der Waals surface area contributed by atoms with E-state index in [4.69, 9.17) is 5.11 Å². The minimum Gasteiger partial charge on any atom is -0.395 e. The van der Waals surface area contributed by atoms with Gasteiger partial charge in [-0.15, -0.1) is 0 Å². The molecule has 0 bridgehead atoms. The number of anilines is 1. The lowest BCUT2D eigenvalue weighted by Gasteiger charge is -2.19. The van der Waals surface area contributed by atoms with Gasteiger partial charge in [0.25, 0.3) is 0 Å². The number of carbonyl (C=O) groups is 1. The van der Waals surface area contributed by atoms with Gasteiger partial charge in [-0.1, -0.05) is 29.8 Å². The lowest BCUT2D eigenvalue weighted by Crippen LogP contribution is -2.33. The molecule has 0 aliphatic rings. The van der Waals surface area contributed by atoms with Crippen molar-refractivity contribution in [3.05, 3.63) is 28.2 Å². The van der Waals surface area contributed by atoms with Gasteiger partial charge in [-0.2, -0.15) is 0 Å². The summed E-state index contributed by atoms with van der Waals surface area (Å²) >= 11 is 3.43. The molecule has 0 aromatic heterocycles. The quantitative estimate of drug-likeness (QED) is 0.897. The first-order chi connectivity index (χ1) is 8.45. The Morgan fingerprint density at radius 3 is 2.72 bits per heavy atom. The van der Waals surface area contributed by atoms with E-state index in [0.29, 0.717) is 12.5 Å². The van der Waals surface area contributed by atoms with Crippen LogP contribution < -0.4 is 5.32 Å². The van der Waals surface area contributed by atoms with Crippen molar-refractivity contribution in [2.45, 2.75) is 19.8 Å². The van der Waals surface area contributed by atoms with Crippen LogP contribution in [0.3, 0.4) is 0 Å². The summed E-state index contributed by atoms with van der Waals surface area (Å²) in [6, 6.07) is 5.57. The number of likely N-dealkylation sites (N-methyl/N-ethyl adjacent to an activating group) is 1. The predicted molar refractivity (Wildman–Crippen MR) is 77.0 cm³/mol. The van der Waals surface area contributed by atoms with Gasteiger partial charge >= 0.3 is 6.03 Å². The number of benzene rings is 1. The highest BCUT2D eigenvalue weighted by molar-refractivity contribution is 9.10. The third kappa shape index (κ3) is 3.99. The van der Waals surface area contributed by atoms with E-state index >= 15 is 0 Å². The van der Waals surface area contributed by atoms with Gasteiger partial charge in [0.1, 0.15) is 0 Å². The number of aliphatic hydroxyl groups excluding tert-OH is 1. The third-order valence-corrected chi connectivity index (χ3v) is 3.15. The van der Waals surface area contributed by atoms with Gasteiger partial charge < -0.3 is 15.3 Å². The lowest BCUT2D eigenvalue weighted by molar-refractivity contribution is 0.202. The molecule has 0 unspecified atom stereocenters. The van der Waals surface area contributed by atoms with Crippen molar-refractivity contribution in [2.24, 2.45) is 0 Å². The van der Waals surface area contributed by atoms with E-state index in [1.54, 1.807) is 7.05 Å². The molecule has 5 heteroatoms. The second-order valence-electron chi connectivity index (χ2n) is 4.46. The summed E-state index contributed by atoms with van der Waals surface area (Å²) in [5.74, 6) is 0.320. The van der Waals surface area contributed by atoms with E-state index in [-0.39, 0.29) is 12.6 Å². The Morgan fingerprint density at radius 2 is 2.17 bits per heavy atom. The number of hydrogen-bond acceptors (Lipinski definition) is 2. The number of carbonyl (C=O) groups excluding carboxylic acids is 1. The Bertz CT molecular complexity index is 421. The highest BCUT2D eigenvalue weighted by Crippen LogP contribution is 2.27. The summed E-state index contributed by atoms with van der Waals surface area (Å²) in [6.45, 7) is 4.43. The van der Waals surface area contributed by atoms with Gasteiger partial charge in [-0.3, -0.25) is 0 Å². The zero-order valence-corrected chi connectivity index (χ0v) is 12.5. The average Bonchev–Trinajstić information content (AvgIpc) is 2.31. The maximum atomic E-state index is 11.9. The molecule has 0 saturated heterocycles. The lowest BCUT2D eigenvalue weighted by atomic mass is 10.0. The Hall–Kier alpha value is -1.07. The van der Waals surface area contributed by atoms with Crippen LogP contribution in [-0.4, -0.2) is 36.2 Å². The molecule has 0 aliphatic carbocycles. The standard InChI is InChI=1S/C13H19BrN2O2/c1-9(2)11-8-10(14)4-5-12(11)15-13(18)16(3)6-7-17/h4-5,8-9,17H,6-7H2,1-3H3,(H,15,18). The molecule has 1 aromatic carbocycles. The topological polar surface area (TPSA) is 52.6 Å². The fourth-order valence-corrected chi connectivity index (χ4v) is 1.97. The number of halogens is 1. The molecule has 0 radical (unpaired) electrons. The van der Waals surface area contributed by atoms with Crippen LogP contribution in [-0.2, 0) is 0 Å². The van der Waals surface area contributed by atoms with Crippen LogP contribution >= 0.6 is 15.9 Å². The highest BCUT2D eigenvalue weighted by Gasteiger charge is 2.12. The summed E-state index contributed by atoms with van der Waals surface area (Å²) in [7, 11) is 1.65. The molecule has 1 aromatic rings. The van der Waals surface area contributed by atoms with Gasteiger partial charge in [-0.05, 0) is 29.7 Å². The van der Waals surface area contributed by atoms with Gasteiger partial charge in [0.2, 0.25) is 0 Å². The van der Waals surface area contributed by atoms with E-state index in [2.05, 4.69) is 35.1 Å². The zero-order valence-electron chi connectivity index (χ0n) is 10.9. The molecule has 0 atom stereocenters. The Kier molecular flexibility index (Phi) is 5.62. The molecule has 0 heterocycles. The minimum atomic E-state index is -0.215. The van der Waals surface area contributed by atoms with E-state index in [0.717, 1.165) is 15.7 Å². The molecule has 0 saturated carbocycles. The largest absolute Gasteiger partial charge is 0.395 e. The molecule has 0 aliphatic heterocycles. The molecule has 2 amide bonds. The highest BCUT2D eigenvalue weighted by atomic mass is 79.9. The van der Waals surface area contributed by atoms with E-state index in [9.17, 15) is 4.79 Å².